The summed E-state index contributed by atoms with van der Waals surface area (Å²) in [7, 11) is 1.72. The molecule has 0 atom stereocenters. The molecular weight excluding hydrogens is 312 g/mol. The smallest absolute Gasteiger partial charge is 0.354 e. The molecule has 0 unspecified atom stereocenters. The Balaban J connectivity index is 1.78. The van der Waals surface area contributed by atoms with Gasteiger partial charge in [0.2, 0.25) is 0 Å². The van der Waals surface area contributed by atoms with Crippen LogP contribution in [0.5, 0.6) is 0 Å². The van der Waals surface area contributed by atoms with Crippen molar-refractivity contribution in [2.75, 3.05) is 7.05 Å². The number of aromatic nitrogens is 1. The van der Waals surface area contributed by atoms with Gasteiger partial charge in [-0.2, -0.15) is 0 Å². The Morgan fingerprint density at radius 2 is 2.00 bits per heavy atom. The van der Waals surface area contributed by atoms with Crippen molar-refractivity contribution < 1.29 is 14.7 Å². The number of amides is 1. The number of carbonyl (C=O) groups is 2. The van der Waals surface area contributed by atoms with Crippen molar-refractivity contribution in [3.05, 3.63) is 64.8 Å². The van der Waals surface area contributed by atoms with Gasteiger partial charge >= 0.3 is 5.97 Å². The third-order valence-corrected chi connectivity index (χ3v) is 4.56. The number of carbonyl (C=O) groups excluding carboxylic acids is 1. The summed E-state index contributed by atoms with van der Waals surface area (Å²) in [6, 6.07) is 10.9. The molecule has 2 aromatic heterocycles. The molecule has 2 heterocycles. The summed E-state index contributed by atoms with van der Waals surface area (Å²) in [5.41, 5.74) is 1.39. The van der Waals surface area contributed by atoms with Crippen molar-refractivity contribution in [2.45, 2.75) is 6.54 Å². The van der Waals surface area contributed by atoms with E-state index < -0.39 is 5.97 Å². The predicted octanol–water partition coefficient (Wildman–Crippen LogP) is 3.27. The molecule has 5 nitrogen and oxygen atoms in total. The van der Waals surface area contributed by atoms with Crippen LogP contribution in [0.3, 0.4) is 0 Å². The molecule has 0 aliphatic heterocycles. The zero-order chi connectivity index (χ0) is 16.4. The van der Waals surface area contributed by atoms with Crippen LogP contribution < -0.4 is 0 Å². The molecule has 0 bridgehead atoms. The molecule has 1 amide bonds. The van der Waals surface area contributed by atoms with Crippen LogP contribution in [0, 0.1) is 0 Å². The Labute approximate surface area is 136 Å². The van der Waals surface area contributed by atoms with Crippen molar-refractivity contribution in [1.82, 2.24) is 9.88 Å². The third-order valence-electron chi connectivity index (χ3n) is 3.54. The van der Waals surface area contributed by atoms with Crippen molar-refractivity contribution >= 4 is 33.3 Å². The van der Waals surface area contributed by atoms with Crippen molar-refractivity contribution in [3.8, 4) is 0 Å². The molecular formula is C17H14N2O3S. The van der Waals surface area contributed by atoms with Gasteiger partial charge in [0, 0.05) is 24.5 Å². The number of pyridine rings is 1. The highest BCUT2D eigenvalue weighted by Gasteiger charge is 2.15. The van der Waals surface area contributed by atoms with Crippen LogP contribution in [0.2, 0.25) is 0 Å². The molecule has 1 aromatic carbocycles. The second-order valence-electron chi connectivity index (χ2n) is 5.16. The van der Waals surface area contributed by atoms with Gasteiger partial charge < -0.3 is 10.0 Å². The van der Waals surface area contributed by atoms with E-state index in [0.717, 1.165) is 10.9 Å². The van der Waals surface area contributed by atoms with Crippen LogP contribution >= 0.6 is 11.3 Å². The fraction of sp³-hybridized carbons (Fsp3) is 0.118. The zero-order valence-corrected chi connectivity index (χ0v) is 13.2. The number of aromatic carboxylic acids is 1. The standard InChI is InChI=1S/C17H14N2O3S/c1-19(9-12-10-23-15-5-3-2-4-13(12)15)16(20)11-6-7-14(17(21)22)18-8-11/h2-8,10H,9H2,1H3,(H,21,22). The first-order valence-corrected chi connectivity index (χ1v) is 7.84. The third kappa shape index (κ3) is 3.07. The van der Waals surface area contributed by atoms with Crippen LogP contribution in [0.1, 0.15) is 26.4 Å². The topological polar surface area (TPSA) is 70.5 Å². The van der Waals surface area contributed by atoms with E-state index >= 15 is 0 Å². The van der Waals surface area contributed by atoms with Crippen LogP contribution in [0.25, 0.3) is 10.1 Å². The molecule has 0 saturated heterocycles. The number of fused-ring (bicyclic) bond motifs is 1. The molecule has 6 heteroatoms. The number of carboxylic acids is 1. The minimum Gasteiger partial charge on any atom is -0.477 e. The van der Waals surface area contributed by atoms with Crippen LogP contribution in [-0.2, 0) is 6.54 Å². The van der Waals surface area contributed by atoms with Gasteiger partial charge in [-0.05, 0) is 34.5 Å². The van der Waals surface area contributed by atoms with Crippen LogP contribution in [-0.4, -0.2) is 33.9 Å². The SMILES string of the molecule is CN(Cc1csc2ccccc12)C(=O)c1ccc(C(=O)O)nc1. The van der Waals surface area contributed by atoms with Crippen molar-refractivity contribution in [2.24, 2.45) is 0 Å². The highest BCUT2D eigenvalue weighted by Crippen LogP contribution is 2.26. The van der Waals surface area contributed by atoms with Crippen molar-refractivity contribution in [3.63, 3.8) is 0 Å². The average Bonchev–Trinajstić information content (AvgIpc) is 2.97. The Hall–Kier alpha value is -2.73. The Kier molecular flexibility index (Phi) is 4.08. The molecule has 0 radical (unpaired) electrons. The summed E-state index contributed by atoms with van der Waals surface area (Å²) >= 11 is 1.65. The molecule has 0 aliphatic rings. The largest absolute Gasteiger partial charge is 0.477 e. The summed E-state index contributed by atoms with van der Waals surface area (Å²) in [6.45, 7) is 0.490. The van der Waals surface area contributed by atoms with E-state index in [1.54, 1.807) is 23.3 Å². The molecule has 3 rings (SSSR count). The van der Waals surface area contributed by atoms with Gasteiger partial charge in [-0.3, -0.25) is 4.79 Å². The molecule has 1 N–H and O–H groups in total. The minimum atomic E-state index is -1.11. The molecule has 116 valence electrons. The van der Waals surface area contributed by atoms with Gasteiger partial charge in [-0.15, -0.1) is 11.3 Å². The highest BCUT2D eigenvalue weighted by molar-refractivity contribution is 7.17. The summed E-state index contributed by atoms with van der Waals surface area (Å²) in [5.74, 6) is -1.30. The number of thiophene rings is 1. The monoisotopic (exact) mass is 326 g/mol. The maximum absolute atomic E-state index is 12.4. The normalized spacial score (nSPS) is 10.7. The van der Waals surface area contributed by atoms with Gasteiger partial charge in [-0.25, -0.2) is 9.78 Å². The van der Waals surface area contributed by atoms with E-state index in [2.05, 4.69) is 16.4 Å². The second-order valence-corrected chi connectivity index (χ2v) is 6.07. The maximum atomic E-state index is 12.4. The van der Waals surface area contributed by atoms with Crippen LogP contribution in [0.4, 0.5) is 0 Å². The lowest BCUT2D eigenvalue weighted by molar-refractivity contribution is 0.0688. The molecule has 0 spiro atoms. The first kappa shape index (κ1) is 15.2. The number of hydrogen-bond acceptors (Lipinski definition) is 4. The quantitative estimate of drug-likeness (QED) is 0.799. The molecule has 0 fully saturated rings. The predicted molar refractivity (Wildman–Crippen MR) is 88.8 cm³/mol. The van der Waals surface area contributed by atoms with E-state index in [0.29, 0.717) is 12.1 Å². The lowest BCUT2D eigenvalue weighted by Gasteiger charge is -2.16. The van der Waals surface area contributed by atoms with E-state index in [1.807, 2.05) is 18.2 Å². The Bertz CT molecular complexity index is 871. The number of carboxylic acid groups (broad SMARTS) is 1. The van der Waals surface area contributed by atoms with Gasteiger partial charge in [0.1, 0.15) is 5.69 Å². The lowest BCUT2D eigenvalue weighted by atomic mass is 10.1. The lowest BCUT2D eigenvalue weighted by Crippen LogP contribution is -2.26. The van der Waals surface area contributed by atoms with E-state index in [9.17, 15) is 9.59 Å². The summed E-state index contributed by atoms with van der Waals surface area (Å²) in [4.78, 5) is 28.6. The summed E-state index contributed by atoms with van der Waals surface area (Å²) in [6.07, 6.45) is 1.30. The Morgan fingerprint density at radius 3 is 2.70 bits per heavy atom. The van der Waals surface area contributed by atoms with E-state index in [4.69, 9.17) is 5.11 Å². The van der Waals surface area contributed by atoms with Gasteiger partial charge in [0.05, 0.1) is 5.56 Å². The average molecular weight is 326 g/mol. The summed E-state index contributed by atoms with van der Waals surface area (Å²) < 4.78 is 1.19. The first-order chi connectivity index (χ1) is 11.1. The Morgan fingerprint density at radius 1 is 1.22 bits per heavy atom. The zero-order valence-electron chi connectivity index (χ0n) is 12.4. The number of rotatable bonds is 4. The fourth-order valence-electron chi connectivity index (χ4n) is 2.35. The van der Waals surface area contributed by atoms with E-state index in [-0.39, 0.29) is 11.6 Å². The fourth-order valence-corrected chi connectivity index (χ4v) is 3.30. The first-order valence-electron chi connectivity index (χ1n) is 6.96. The molecule has 0 aliphatic carbocycles. The number of hydrogen-bond donors (Lipinski definition) is 1. The van der Waals surface area contributed by atoms with Gasteiger partial charge in [0.25, 0.3) is 5.91 Å². The van der Waals surface area contributed by atoms with Gasteiger partial charge in [-0.1, -0.05) is 18.2 Å². The second kappa shape index (κ2) is 6.18. The van der Waals surface area contributed by atoms with E-state index in [1.165, 1.54) is 23.0 Å². The molecule has 3 aromatic rings. The summed E-state index contributed by atoms with van der Waals surface area (Å²) in [5, 5.41) is 12.0. The van der Waals surface area contributed by atoms with Crippen LogP contribution in [0.15, 0.2) is 48.0 Å². The maximum Gasteiger partial charge on any atom is 0.354 e. The minimum absolute atomic E-state index is 0.0759. The molecule has 23 heavy (non-hydrogen) atoms. The molecule has 0 saturated carbocycles. The number of nitrogens with zero attached hydrogens (tertiary/aromatic N) is 2. The van der Waals surface area contributed by atoms with Gasteiger partial charge in [0.15, 0.2) is 0 Å². The highest BCUT2D eigenvalue weighted by atomic mass is 32.1. The van der Waals surface area contributed by atoms with Crippen molar-refractivity contribution in [1.29, 1.82) is 0 Å². The number of benzene rings is 1.